The van der Waals surface area contributed by atoms with E-state index in [1.165, 1.54) is 0 Å². The minimum atomic E-state index is 0.0772. The van der Waals surface area contributed by atoms with Crippen LogP contribution in [0.5, 0.6) is 0 Å². The third-order valence-corrected chi connectivity index (χ3v) is 3.22. The summed E-state index contributed by atoms with van der Waals surface area (Å²) >= 11 is 2.22. The number of aromatic nitrogens is 2. The lowest BCUT2D eigenvalue weighted by atomic mass is 10.3. The molecule has 0 spiro atoms. The van der Waals surface area contributed by atoms with Crippen molar-refractivity contribution in [2.75, 3.05) is 6.54 Å². The summed E-state index contributed by atoms with van der Waals surface area (Å²) in [5.41, 5.74) is 0. The summed E-state index contributed by atoms with van der Waals surface area (Å²) in [5.74, 6) is 0.972. The molecule has 0 fully saturated rings. The first-order valence-corrected chi connectivity index (χ1v) is 7.29. The van der Waals surface area contributed by atoms with Crippen LogP contribution in [0.3, 0.4) is 0 Å². The van der Waals surface area contributed by atoms with Gasteiger partial charge in [0.2, 0.25) is 5.91 Å². The molecule has 0 aromatic carbocycles. The second-order valence-electron chi connectivity index (χ2n) is 4.20. The molecule has 2 aromatic heterocycles. The van der Waals surface area contributed by atoms with E-state index in [0.29, 0.717) is 13.0 Å². The van der Waals surface area contributed by atoms with E-state index in [1.807, 2.05) is 29.2 Å². The minimum Gasteiger partial charge on any atom is -0.469 e. The van der Waals surface area contributed by atoms with Gasteiger partial charge in [0.25, 0.3) is 0 Å². The molecule has 0 aliphatic carbocycles. The maximum absolute atomic E-state index is 11.6. The highest BCUT2D eigenvalue weighted by Crippen LogP contribution is 2.03. The molecule has 1 N–H and O–H groups in total. The molecule has 0 aliphatic heterocycles. The number of halogens is 1. The molecule has 1 amide bonds. The van der Waals surface area contributed by atoms with Gasteiger partial charge in [0, 0.05) is 32.1 Å². The highest BCUT2D eigenvalue weighted by atomic mass is 127. The Morgan fingerprint density at radius 1 is 1.53 bits per heavy atom. The van der Waals surface area contributed by atoms with Crippen molar-refractivity contribution in [3.05, 3.63) is 40.1 Å². The first-order chi connectivity index (χ1) is 9.24. The second-order valence-corrected chi connectivity index (χ2v) is 5.45. The summed E-state index contributed by atoms with van der Waals surface area (Å²) in [6.45, 7) is 1.39. The standard InChI is InChI=1S/C13H16IN3O2/c14-11-9-16-17(10-11)7-1-4-13(18)15-6-5-12-3-2-8-19-12/h2-3,8-10H,1,4-7H2,(H,15,18). The van der Waals surface area contributed by atoms with E-state index >= 15 is 0 Å². The largest absolute Gasteiger partial charge is 0.469 e. The Hall–Kier alpha value is -1.31. The van der Waals surface area contributed by atoms with Crippen molar-refractivity contribution in [2.24, 2.45) is 0 Å². The highest BCUT2D eigenvalue weighted by Gasteiger charge is 2.02. The quantitative estimate of drug-likeness (QED) is 0.758. The van der Waals surface area contributed by atoms with Gasteiger partial charge in [0.15, 0.2) is 0 Å². The number of hydrogen-bond donors (Lipinski definition) is 1. The van der Waals surface area contributed by atoms with Crippen LogP contribution in [0.15, 0.2) is 35.2 Å². The highest BCUT2D eigenvalue weighted by molar-refractivity contribution is 14.1. The molecule has 0 atom stereocenters. The number of nitrogens with zero attached hydrogens (tertiary/aromatic N) is 2. The topological polar surface area (TPSA) is 60.1 Å². The molecule has 0 saturated carbocycles. The van der Waals surface area contributed by atoms with Gasteiger partial charge in [0.05, 0.1) is 16.0 Å². The van der Waals surface area contributed by atoms with Crippen LogP contribution < -0.4 is 5.32 Å². The Bertz CT molecular complexity index is 508. The predicted octanol–water partition coefficient (Wildman–Crippen LogP) is 2.22. The Balaban J connectivity index is 1.57. The SMILES string of the molecule is O=C(CCCn1cc(I)cn1)NCCc1ccco1. The second kappa shape index (κ2) is 7.32. The molecule has 2 heterocycles. The molecule has 5 nitrogen and oxygen atoms in total. The van der Waals surface area contributed by atoms with E-state index in [0.717, 1.165) is 28.7 Å². The number of nitrogens with one attached hydrogen (secondary N) is 1. The summed E-state index contributed by atoms with van der Waals surface area (Å²) in [6, 6.07) is 3.76. The van der Waals surface area contributed by atoms with Gasteiger partial charge in [-0.3, -0.25) is 9.48 Å². The predicted molar refractivity (Wildman–Crippen MR) is 79.6 cm³/mol. The molecule has 0 radical (unpaired) electrons. The zero-order valence-corrected chi connectivity index (χ0v) is 12.7. The zero-order chi connectivity index (χ0) is 13.5. The summed E-state index contributed by atoms with van der Waals surface area (Å²) in [6.07, 6.45) is 7.47. The van der Waals surface area contributed by atoms with Crippen molar-refractivity contribution in [3.63, 3.8) is 0 Å². The monoisotopic (exact) mass is 373 g/mol. The minimum absolute atomic E-state index is 0.0772. The number of hydrogen-bond acceptors (Lipinski definition) is 3. The lowest BCUT2D eigenvalue weighted by Crippen LogP contribution is -2.25. The fourth-order valence-electron chi connectivity index (χ4n) is 1.73. The molecule has 102 valence electrons. The van der Waals surface area contributed by atoms with Gasteiger partial charge in [-0.2, -0.15) is 5.10 Å². The summed E-state index contributed by atoms with van der Waals surface area (Å²) in [4.78, 5) is 11.6. The van der Waals surface area contributed by atoms with Crippen LogP contribution in [-0.2, 0) is 17.8 Å². The molecule has 0 aliphatic rings. The molecular formula is C13H16IN3O2. The van der Waals surface area contributed by atoms with Gasteiger partial charge in [-0.1, -0.05) is 0 Å². The van der Waals surface area contributed by atoms with E-state index in [1.54, 1.807) is 6.26 Å². The number of carbonyl (C=O) groups is 1. The van der Waals surface area contributed by atoms with E-state index in [4.69, 9.17) is 4.42 Å². The van der Waals surface area contributed by atoms with Crippen LogP contribution in [0, 0.1) is 3.57 Å². The van der Waals surface area contributed by atoms with Gasteiger partial charge >= 0.3 is 0 Å². The van der Waals surface area contributed by atoms with Crippen molar-refractivity contribution >= 4 is 28.5 Å². The van der Waals surface area contributed by atoms with Crippen LogP contribution in [0.25, 0.3) is 0 Å². The smallest absolute Gasteiger partial charge is 0.220 e. The van der Waals surface area contributed by atoms with Gasteiger partial charge in [-0.15, -0.1) is 0 Å². The fraction of sp³-hybridized carbons (Fsp3) is 0.385. The number of furan rings is 1. The molecule has 2 aromatic rings. The number of rotatable bonds is 7. The lowest BCUT2D eigenvalue weighted by Gasteiger charge is -2.04. The summed E-state index contributed by atoms with van der Waals surface area (Å²) in [7, 11) is 0. The first-order valence-electron chi connectivity index (χ1n) is 6.21. The van der Waals surface area contributed by atoms with Crippen LogP contribution in [0.1, 0.15) is 18.6 Å². The Labute approximate surface area is 125 Å². The van der Waals surface area contributed by atoms with Gasteiger partial charge in [0.1, 0.15) is 5.76 Å². The third kappa shape index (κ3) is 5.06. The molecule has 0 unspecified atom stereocenters. The Kier molecular flexibility index (Phi) is 5.44. The summed E-state index contributed by atoms with van der Waals surface area (Å²) < 4.78 is 8.16. The van der Waals surface area contributed by atoms with Gasteiger partial charge in [-0.25, -0.2) is 0 Å². The van der Waals surface area contributed by atoms with Crippen LogP contribution in [-0.4, -0.2) is 22.2 Å². The number of amides is 1. The fourth-order valence-corrected chi connectivity index (χ4v) is 2.18. The van der Waals surface area contributed by atoms with E-state index < -0.39 is 0 Å². The van der Waals surface area contributed by atoms with E-state index in [9.17, 15) is 4.79 Å². The molecule has 6 heteroatoms. The van der Waals surface area contributed by atoms with Gasteiger partial charge in [-0.05, 0) is 41.1 Å². The van der Waals surface area contributed by atoms with Crippen molar-refractivity contribution in [1.82, 2.24) is 15.1 Å². The molecule has 0 bridgehead atoms. The van der Waals surface area contributed by atoms with E-state index in [-0.39, 0.29) is 5.91 Å². The van der Waals surface area contributed by atoms with Crippen LogP contribution >= 0.6 is 22.6 Å². The molecule has 0 saturated heterocycles. The van der Waals surface area contributed by atoms with Crippen molar-refractivity contribution in [1.29, 1.82) is 0 Å². The maximum Gasteiger partial charge on any atom is 0.220 e. The van der Waals surface area contributed by atoms with Crippen LogP contribution in [0.2, 0.25) is 0 Å². The first kappa shape index (κ1) is 14.1. The maximum atomic E-state index is 11.6. The molecule has 2 rings (SSSR count). The van der Waals surface area contributed by atoms with Crippen LogP contribution in [0.4, 0.5) is 0 Å². The zero-order valence-electron chi connectivity index (χ0n) is 10.5. The molecular weight excluding hydrogens is 357 g/mol. The summed E-state index contributed by atoms with van der Waals surface area (Å²) in [5, 5.41) is 7.06. The lowest BCUT2D eigenvalue weighted by molar-refractivity contribution is -0.121. The average molecular weight is 373 g/mol. The van der Waals surface area contributed by atoms with Crippen molar-refractivity contribution in [2.45, 2.75) is 25.8 Å². The molecule has 19 heavy (non-hydrogen) atoms. The van der Waals surface area contributed by atoms with E-state index in [2.05, 4.69) is 33.0 Å². The normalized spacial score (nSPS) is 10.6. The van der Waals surface area contributed by atoms with Crippen molar-refractivity contribution in [3.8, 4) is 0 Å². The Morgan fingerprint density at radius 3 is 3.11 bits per heavy atom. The Morgan fingerprint density at radius 2 is 2.42 bits per heavy atom. The number of carbonyl (C=O) groups excluding carboxylic acids is 1. The number of aryl methyl sites for hydroxylation is 1. The van der Waals surface area contributed by atoms with Crippen molar-refractivity contribution < 1.29 is 9.21 Å². The van der Waals surface area contributed by atoms with Gasteiger partial charge < -0.3 is 9.73 Å². The third-order valence-electron chi connectivity index (χ3n) is 2.67. The average Bonchev–Trinajstić information content (AvgIpc) is 3.01.